The molecule has 0 aliphatic carbocycles. The van der Waals surface area contributed by atoms with E-state index in [-0.39, 0.29) is 18.1 Å². The first kappa shape index (κ1) is 13.6. The van der Waals surface area contributed by atoms with E-state index >= 15 is 0 Å². The summed E-state index contributed by atoms with van der Waals surface area (Å²) in [6.45, 7) is 1.56. The average molecular weight is 238 g/mol. The van der Waals surface area contributed by atoms with Gasteiger partial charge < -0.3 is 10.2 Å². The molecule has 1 N–H and O–H groups in total. The van der Waals surface area contributed by atoms with Gasteiger partial charge in [0.05, 0.1) is 6.42 Å². The van der Waals surface area contributed by atoms with E-state index in [0.717, 1.165) is 13.0 Å². The lowest BCUT2D eigenvalue weighted by molar-refractivity contribution is -0.120. The minimum Gasteiger partial charge on any atom is -0.356 e. The highest BCUT2D eigenvalue weighted by Crippen LogP contribution is 2.06. The maximum absolute atomic E-state index is 13.3. The summed E-state index contributed by atoms with van der Waals surface area (Å²) in [5, 5.41) is 2.78. The van der Waals surface area contributed by atoms with Crippen LogP contribution in [0.3, 0.4) is 0 Å². The number of nitrogens with one attached hydrogen (secondary N) is 1. The molecule has 94 valence electrons. The van der Waals surface area contributed by atoms with Crippen LogP contribution in [-0.2, 0) is 11.2 Å². The molecule has 0 bridgehead atoms. The highest BCUT2D eigenvalue weighted by molar-refractivity contribution is 5.78. The Morgan fingerprint density at radius 2 is 2.06 bits per heavy atom. The Bertz CT molecular complexity index is 366. The van der Waals surface area contributed by atoms with E-state index in [1.165, 1.54) is 6.07 Å². The van der Waals surface area contributed by atoms with E-state index in [2.05, 4.69) is 10.2 Å². The van der Waals surface area contributed by atoms with E-state index < -0.39 is 0 Å². The number of carbonyl (C=O) groups is 1. The lowest BCUT2D eigenvalue weighted by Crippen LogP contribution is -2.28. The summed E-state index contributed by atoms with van der Waals surface area (Å²) in [5.74, 6) is -0.454. The third kappa shape index (κ3) is 5.45. The van der Waals surface area contributed by atoms with Crippen LogP contribution in [0.4, 0.5) is 4.39 Å². The van der Waals surface area contributed by atoms with Gasteiger partial charge in [-0.15, -0.1) is 0 Å². The third-order valence-corrected chi connectivity index (χ3v) is 2.41. The number of amides is 1. The second-order valence-electron chi connectivity index (χ2n) is 4.27. The molecule has 0 atom stereocenters. The fraction of sp³-hybridized carbons (Fsp3) is 0.462. The van der Waals surface area contributed by atoms with Gasteiger partial charge in [-0.25, -0.2) is 4.39 Å². The first-order valence-corrected chi connectivity index (χ1v) is 5.74. The zero-order chi connectivity index (χ0) is 12.7. The van der Waals surface area contributed by atoms with Crippen molar-refractivity contribution in [3.05, 3.63) is 35.6 Å². The fourth-order valence-electron chi connectivity index (χ4n) is 1.50. The SMILES string of the molecule is CN(C)CCCNC(=O)Cc1ccccc1F. The summed E-state index contributed by atoms with van der Waals surface area (Å²) in [6.07, 6.45) is 1.00. The largest absolute Gasteiger partial charge is 0.356 e. The Labute approximate surface area is 102 Å². The molecule has 1 aromatic carbocycles. The topological polar surface area (TPSA) is 32.3 Å². The number of nitrogens with zero attached hydrogens (tertiary/aromatic N) is 1. The minimum absolute atomic E-state index is 0.106. The monoisotopic (exact) mass is 238 g/mol. The van der Waals surface area contributed by atoms with Crippen molar-refractivity contribution in [2.45, 2.75) is 12.8 Å². The van der Waals surface area contributed by atoms with Crippen molar-refractivity contribution >= 4 is 5.91 Å². The van der Waals surface area contributed by atoms with Crippen LogP contribution in [0.15, 0.2) is 24.3 Å². The zero-order valence-corrected chi connectivity index (χ0v) is 10.4. The van der Waals surface area contributed by atoms with Crippen LogP contribution in [0.25, 0.3) is 0 Å². The van der Waals surface area contributed by atoms with Crippen molar-refractivity contribution in [2.75, 3.05) is 27.2 Å². The van der Waals surface area contributed by atoms with E-state index in [4.69, 9.17) is 0 Å². The standard InChI is InChI=1S/C13H19FN2O/c1-16(2)9-5-8-15-13(17)10-11-6-3-4-7-12(11)14/h3-4,6-7H,5,8-10H2,1-2H3,(H,15,17). The van der Waals surface area contributed by atoms with Crippen LogP contribution < -0.4 is 5.32 Å². The average Bonchev–Trinajstić information content (AvgIpc) is 2.27. The number of halogens is 1. The lowest BCUT2D eigenvalue weighted by Gasteiger charge is -2.10. The van der Waals surface area contributed by atoms with Gasteiger partial charge >= 0.3 is 0 Å². The number of hydrogen-bond acceptors (Lipinski definition) is 2. The predicted molar refractivity (Wildman–Crippen MR) is 66.3 cm³/mol. The van der Waals surface area contributed by atoms with Crippen LogP contribution >= 0.6 is 0 Å². The van der Waals surface area contributed by atoms with E-state index in [1.807, 2.05) is 14.1 Å². The molecule has 0 aromatic heterocycles. The molecular formula is C13H19FN2O. The molecule has 1 rings (SSSR count). The van der Waals surface area contributed by atoms with Crippen molar-refractivity contribution in [3.63, 3.8) is 0 Å². The van der Waals surface area contributed by atoms with E-state index in [0.29, 0.717) is 12.1 Å². The Hall–Kier alpha value is -1.42. The summed E-state index contributed by atoms with van der Waals surface area (Å²) < 4.78 is 13.3. The Morgan fingerprint density at radius 1 is 1.35 bits per heavy atom. The summed E-state index contributed by atoms with van der Waals surface area (Å²) in [6, 6.07) is 6.36. The molecule has 0 unspecified atom stereocenters. The maximum Gasteiger partial charge on any atom is 0.224 e. The molecule has 0 fully saturated rings. The minimum atomic E-state index is -0.323. The van der Waals surface area contributed by atoms with Crippen LogP contribution in [0.5, 0.6) is 0 Å². The third-order valence-electron chi connectivity index (χ3n) is 2.41. The molecule has 0 saturated heterocycles. The summed E-state index contributed by atoms with van der Waals surface area (Å²) in [5.41, 5.74) is 0.442. The molecule has 0 aliphatic rings. The summed E-state index contributed by atoms with van der Waals surface area (Å²) in [7, 11) is 3.97. The normalized spacial score (nSPS) is 10.6. The van der Waals surface area contributed by atoms with Gasteiger partial charge in [0.15, 0.2) is 0 Å². The number of rotatable bonds is 6. The summed E-state index contributed by atoms with van der Waals surface area (Å²) >= 11 is 0. The van der Waals surface area contributed by atoms with Gasteiger partial charge in [-0.2, -0.15) is 0 Å². The molecule has 0 aliphatic heterocycles. The molecule has 0 radical (unpaired) electrons. The summed E-state index contributed by atoms with van der Waals surface area (Å²) in [4.78, 5) is 13.6. The van der Waals surface area contributed by atoms with E-state index in [1.54, 1.807) is 18.2 Å². The number of benzene rings is 1. The van der Waals surface area contributed by atoms with Crippen molar-refractivity contribution in [1.82, 2.24) is 10.2 Å². The molecule has 1 amide bonds. The molecule has 0 heterocycles. The molecule has 0 spiro atoms. The van der Waals surface area contributed by atoms with Gasteiger partial charge in [-0.1, -0.05) is 18.2 Å². The predicted octanol–water partition coefficient (Wildman–Crippen LogP) is 1.44. The Morgan fingerprint density at radius 3 is 2.71 bits per heavy atom. The van der Waals surface area contributed by atoms with Crippen molar-refractivity contribution in [3.8, 4) is 0 Å². The van der Waals surface area contributed by atoms with Crippen LogP contribution in [0, 0.1) is 5.82 Å². The number of carbonyl (C=O) groups excluding carboxylic acids is 1. The van der Waals surface area contributed by atoms with Gasteiger partial charge in [-0.05, 0) is 38.7 Å². The lowest BCUT2D eigenvalue weighted by atomic mass is 10.1. The molecule has 3 nitrogen and oxygen atoms in total. The van der Waals surface area contributed by atoms with Crippen LogP contribution in [0.1, 0.15) is 12.0 Å². The first-order valence-electron chi connectivity index (χ1n) is 5.74. The molecule has 4 heteroatoms. The Balaban J connectivity index is 2.28. The van der Waals surface area contributed by atoms with Gasteiger partial charge in [-0.3, -0.25) is 4.79 Å². The zero-order valence-electron chi connectivity index (χ0n) is 10.4. The van der Waals surface area contributed by atoms with Gasteiger partial charge in [0.25, 0.3) is 0 Å². The van der Waals surface area contributed by atoms with Crippen molar-refractivity contribution in [2.24, 2.45) is 0 Å². The van der Waals surface area contributed by atoms with Crippen LogP contribution in [0.2, 0.25) is 0 Å². The molecule has 1 aromatic rings. The smallest absolute Gasteiger partial charge is 0.224 e. The Kier molecular flexibility index (Phi) is 5.63. The van der Waals surface area contributed by atoms with Crippen molar-refractivity contribution < 1.29 is 9.18 Å². The molecule has 17 heavy (non-hydrogen) atoms. The highest BCUT2D eigenvalue weighted by atomic mass is 19.1. The van der Waals surface area contributed by atoms with E-state index in [9.17, 15) is 9.18 Å². The van der Waals surface area contributed by atoms with Crippen LogP contribution in [-0.4, -0.2) is 38.0 Å². The second kappa shape index (κ2) is 7.01. The fourth-order valence-corrected chi connectivity index (χ4v) is 1.50. The quantitative estimate of drug-likeness (QED) is 0.761. The maximum atomic E-state index is 13.3. The number of hydrogen-bond donors (Lipinski definition) is 1. The molecule has 0 saturated carbocycles. The first-order chi connectivity index (χ1) is 8.09. The molecular weight excluding hydrogens is 219 g/mol. The highest BCUT2D eigenvalue weighted by Gasteiger charge is 2.06. The van der Waals surface area contributed by atoms with Gasteiger partial charge in [0, 0.05) is 6.54 Å². The van der Waals surface area contributed by atoms with Crippen molar-refractivity contribution in [1.29, 1.82) is 0 Å². The van der Waals surface area contributed by atoms with Gasteiger partial charge in [0.2, 0.25) is 5.91 Å². The second-order valence-corrected chi connectivity index (χ2v) is 4.27. The van der Waals surface area contributed by atoms with Gasteiger partial charge in [0.1, 0.15) is 5.82 Å².